The number of nitrogens with zero attached hydrogens (tertiary/aromatic N) is 2. The molecule has 28 heavy (non-hydrogen) atoms. The molecule has 1 aromatic heterocycles. The zero-order chi connectivity index (χ0) is 19.5. The van der Waals surface area contributed by atoms with Crippen molar-refractivity contribution in [1.82, 2.24) is 9.97 Å². The molecule has 0 fully saturated rings. The molecule has 0 saturated carbocycles. The number of benzene rings is 2. The second kappa shape index (κ2) is 7.82. The van der Waals surface area contributed by atoms with Crippen molar-refractivity contribution in [1.29, 1.82) is 0 Å². The number of nitrogens with one attached hydrogen (secondary N) is 2. The Morgan fingerprint density at radius 2 is 1.71 bits per heavy atom. The molecule has 2 heterocycles. The summed E-state index contributed by atoms with van der Waals surface area (Å²) < 4.78 is 16.6. The van der Waals surface area contributed by atoms with Crippen LogP contribution in [0.3, 0.4) is 0 Å². The molecule has 7 nitrogen and oxygen atoms in total. The van der Waals surface area contributed by atoms with Crippen LogP contribution >= 0.6 is 11.6 Å². The highest BCUT2D eigenvalue weighted by Gasteiger charge is 2.12. The second-order valence-electron chi connectivity index (χ2n) is 6.20. The van der Waals surface area contributed by atoms with Gasteiger partial charge in [-0.15, -0.1) is 0 Å². The molecule has 0 aliphatic carbocycles. The first-order valence-corrected chi connectivity index (χ1v) is 9.10. The van der Waals surface area contributed by atoms with Crippen LogP contribution in [0.4, 0.5) is 23.0 Å². The maximum Gasteiger partial charge on any atom is 0.163 e. The Morgan fingerprint density at radius 1 is 0.964 bits per heavy atom. The number of ether oxygens (including phenoxy) is 3. The molecule has 0 radical (unpaired) electrons. The van der Waals surface area contributed by atoms with Gasteiger partial charge in [0.05, 0.1) is 12.8 Å². The summed E-state index contributed by atoms with van der Waals surface area (Å²) in [5.41, 5.74) is 2.55. The highest BCUT2D eigenvalue weighted by Crippen LogP contribution is 2.35. The summed E-state index contributed by atoms with van der Waals surface area (Å²) in [5.74, 6) is 3.35. The van der Waals surface area contributed by atoms with E-state index in [1.807, 2.05) is 31.2 Å². The summed E-state index contributed by atoms with van der Waals surface area (Å²) in [5, 5.41) is 7.14. The lowest BCUT2D eigenvalue weighted by molar-refractivity contribution is 0.171. The minimum Gasteiger partial charge on any atom is -0.495 e. The average Bonchev–Trinajstić information content (AvgIpc) is 2.71. The number of aromatic nitrogens is 2. The van der Waals surface area contributed by atoms with Gasteiger partial charge in [-0.05, 0) is 30.7 Å². The number of rotatable bonds is 5. The van der Waals surface area contributed by atoms with E-state index in [-0.39, 0.29) is 0 Å². The van der Waals surface area contributed by atoms with E-state index in [0.717, 1.165) is 22.7 Å². The van der Waals surface area contributed by atoms with Crippen LogP contribution in [0, 0.1) is 6.92 Å². The molecule has 0 bridgehead atoms. The number of aryl methyl sites for hydroxylation is 1. The van der Waals surface area contributed by atoms with Crippen molar-refractivity contribution < 1.29 is 14.2 Å². The number of anilines is 4. The van der Waals surface area contributed by atoms with Gasteiger partial charge in [-0.25, -0.2) is 9.97 Å². The first-order chi connectivity index (χ1) is 13.6. The molecule has 2 aromatic carbocycles. The van der Waals surface area contributed by atoms with Gasteiger partial charge < -0.3 is 24.8 Å². The van der Waals surface area contributed by atoms with E-state index in [0.29, 0.717) is 41.4 Å². The fourth-order valence-corrected chi connectivity index (χ4v) is 2.98. The minimum absolute atomic E-state index is 0.542. The molecule has 3 aromatic rings. The topological polar surface area (TPSA) is 77.5 Å². The molecule has 0 saturated heterocycles. The van der Waals surface area contributed by atoms with Crippen molar-refractivity contribution in [2.45, 2.75) is 6.92 Å². The lowest BCUT2D eigenvalue weighted by atomic mass is 10.2. The molecular formula is C20H19ClN4O3. The first-order valence-electron chi connectivity index (χ1n) is 8.72. The zero-order valence-corrected chi connectivity index (χ0v) is 16.2. The maximum atomic E-state index is 6.17. The molecular weight excluding hydrogens is 380 g/mol. The van der Waals surface area contributed by atoms with Gasteiger partial charge >= 0.3 is 0 Å². The van der Waals surface area contributed by atoms with Crippen molar-refractivity contribution in [2.75, 3.05) is 31.0 Å². The minimum atomic E-state index is 0.542. The van der Waals surface area contributed by atoms with Crippen molar-refractivity contribution in [3.63, 3.8) is 0 Å². The van der Waals surface area contributed by atoms with Crippen molar-refractivity contribution in [3.05, 3.63) is 53.3 Å². The monoisotopic (exact) mass is 398 g/mol. The summed E-state index contributed by atoms with van der Waals surface area (Å²) in [4.78, 5) is 8.55. The Kier molecular flexibility index (Phi) is 5.08. The van der Waals surface area contributed by atoms with Crippen LogP contribution in [-0.4, -0.2) is 30.3 Å². The van der Waals surface area contributed by atoms with E-state index in [2.05, 4.69) is 20.6 Å². The highest BCUT2D eigenvalue weighted by atomic mass is 35.5. The Labute approximate surface area is 167 Å². The fraction of sp³-hybridized carbons (Fsp3) is 0.200. The zero-order valence-electron chi connectivity index (χ0n) is 15.5. The van der Waals surface area contributed by atoms with E-state index in [1.165, 1.54) is 6.33 Å². The largest absolute Gasteiger partial charge is 0.495 e. The number of fused-ring (bicyclic) bond motifs is 1. The second-order valence-corrected chi connectivity index (χ2v) is 6.61. The van der Waals surface area contributed by atoms with Gasteiger partial charge in [0, 0.05) is 28.9 Å². The van der Waals surface area contributed by atoms with Gasteiger partial charge in [-0.1, -0.05) is 11.6 Å². The van der Waals surface area contributed by atoms with Gasteiger partial charge in [-0.2, -0.15) is 0 Å². The van der Waals surface area contributed by atoms with Gasteiger partial charge in [0.25, 0.3) is 0 Å². The molecule has 8 heteroatoms. The van der Waals surface area contributed by atoms with Crippen molar-refractivity contribution >= 4 is 34.6 Å². The quantitative estimate of drug-likeness (QED) is 0.644. The third-order valence-electron chi connectivity index (χ3n) is 4.23. The highest BCUT2D eigenvalue weighted by molar-refractivity contribution is 6.31. The lowest BCUT2D eigenvalue weighted by Gasteiger charge is -2.19. The first kappa shape index (κ1) is 18.2. The molecule has 1 aliphatic rings. The maximum absolute atomic E-state index is 6.17. The third kappa shape index (κ3) is 3.89. The van der Waals surface area contributed by atoms with Gasteiger partial charge in [0.2, 0.25) is 0 Å². The Bertz CT molecular complexity index is 1010. The summed E-state index contributed by atoms with van der Waals surface area (Å²) >= 11 is 6.17. The van der Waals surface area contributed by atoms with E-state index < -0.39 is 0 Å². The summed E-state index contributed by atoms with van der Waals surface area (Å²) in [6, 6.07) is 11.2. The Balaban J connectivity index is 1.55. The summed E-state index contributed by atoms with van der Waals surface area (Å²) in [7, 11) is 1.60. The van der Waals surface area contributed by atoms with Crippen LogP contribution < -0.4 is 24.8 Å². The van der Waals surface area contributed by atoms with Crippen LogP contribution in [0.25, 0.3) is 0 Å². The number of hydrogen-bond acceptors (Lipinski definition) is 7. The molecule has 0 spiro atoms. The standard InChI is InChI=1S/C20H19ClN4O3/c1-12-7-15(17(26-2)9-14(12)21)25-20-10-19(22-11-23-20)24-13-3-4-16-18(8-13)28-6-5-27-16/h3-4,7-11H,5-6H2,1-2H3,(H2,22,23,24,25). The van der Waals surface area contributed by atoms with E-state index in [1.54, 1.807) is 19.2 Å². The van der Waals surface area contributed by atoms with Crippen LogP contribution in [0.5, 0.6) is 17.2 Å². The summed E-state index contributed by atoms with van der Waals surface area (Å²) in [6.07, 6.45) is 1.48. The van der Waals surface area contributed by atoms with Gasteiger partial charge in [0.15, 0.2) is 11.5 Å². The molecule has 0 amide bonds. The molecule has 144 valence electrons. The van der Waals surface area contributed by atoms with Crippen LogP contribution in [0.15, 0.2) is 42.7 Å². The van der Waals surface area contributed by atoms with Gasteiger partial charge in [0.1, 0.15) is 36.9 Å². The predicted molar refractivity (Wildman–Crippen MR) is 109 cm³/mol. The normalized spacial score (nSPS) is 12.4. The van der Waals surface area contributed by atoms with Crippen LogP contribution in [0.2, 0.25) is 5.02 Å². The molecule has 2 N–H and O–H groups in total. The predicted octanol–water partition coefficient (Wildman–Crippen LogP) is 4.71. The van der Waals surface area contributed by atoms with Gasteiger partial charge in [-0.3, -0.25) is 0 Å². The number of halogens is 1. The lowest BCUT2D eigenvalue weighted by Crippen LogP contribution is -2.15. The van der Waals surface area contributed by atoms with E-state index in [4.69, 9.17) is 25.8 Å². The molecule has 0 unspecified atom stereocenters. The van der Waals surface area contributed by atoms with Crippen molar-refractivity contribution in [3.8, 4) is 17.2 Å². The smallest absolute Gasteiger partial charge is 0.163 e. The fourth-order valence-electron chi connectivity index (χ4n) is 2.83. The number of hydrogen-bond donors (Lipinski definition) is 2. The molecule has 1 aliphatic heterocycles. The van der Waals surface area contributed by atoms with Crippen LogP contribution in [-0.2, 0) is 0 Å². The molecule has 0 atom stereocenters. The SMILES string of the molecule is COc1cc(Cl)c(C)cc1Nc1cc(Nc2ccc3c(c2)OCCO3)ncn1. The van der Waals surface area contributed by atoms with E-state index >= 15 is 0 Å². The summed E-state index contributed by atoms with van der Waals surface area (Å²) in [6.45, 7) is 3.04. The van der Waals surface area contributed by atoms with E-state index in [9.17, 15) is 0 Å². The molecule has 4 rings (SSSR count). The third-order valence-corrected chi connectivity index (χ3v) is 4.63. The van der Waals surface area contributed by atoms with Crippen LogP contribution in [0.1, 0.15) is 5.56 Å². The van der Waals surface area contributed by atoms with Crippen molar-refractivity contribution in [2.24, 2.45) is 0 Å². The average molecular weight is 399 g/mol. The Hall–Kier alpha value is -3.19. The number of methoxy groups -OCH3 is 1. The Morgan fingerprint density at radius 3 is 2.50 bits per heavy atom.